The summed E-state index contributed by atoms with van der Waals surface area (Å²) < 4.78 is 0. The lowest BCUT2D eigenvalue weighted by Crippen LogP contribution is -2.65. The van der Waals surface area contributed by atoms with Gasteiger partial charge in [-0.2, -0.15) is 0 Å². The average Bonchev–Trinajstić information content (AvgIpc) is 3.31. The Bertz CT molecular complexity index is 1350. The Morgan fingerprint density at radius 3 is 2.56 bits per heavy atom. The zero-order valence-corrected chi connectivity index (χ0v) is 23.0. The summed E-state index contributed by atoms with van der Waals surface area (Å²) in [5.41, 5.74) is 2.89. The minimum atomic E-state index is -2.66. The quantitative estimate of drug-likeness (QED) is 0.339. The van der Waals surface area contributed by atoms with Gasteiger partial charge >= 0.3 is 0 Å². The number of fused-ring (bicyclic) bond motifs is 3. The van der Waals surface area contributed by atoms with Crippen molar-refractivity contribution in [2.24, 2.45) is 17.6 Å². The molecule has 1 aromatic rings. The molecule has 1 aliphatic heterocycles. The average molecular weight is 560 g/mol. The molecular weight excluding hydrogens is 526 g/mol. The van der Waals surface area contributed by atoms with Crippen LogP contribution in [0.5, 0.6) is 5.75 Å². The van der Waals surface area contributed by atoms with Crippen molar-refractivity contribution in [1.29, 1.82) is 0 Å². The lowest BCUT2D eigenvalue weighted by Gasteiger charge is -2.50. The minimum Gasteiger partial charge on any atom is -0.508 e. The summed E-state index contributed by atoms with van der Waals surface area (Å²) in [6.45, 7) is 3.59. The molecule has 0 spiro atoms. The normalized spacial score (nSPS) is 31.0. The molecule has 2 fully saturated rings. The number of Topliss-reactive ketones (excluding diaryl/α,β-unsaturated/α-hetero) is 2. The van der Waals surface area contributed by atoms with Crippen LogP contribution in [0.3, 0.4) is 0 Å². The maximum absolute atomic E-state index is 13.9. The number of carbonyl (C=O) groups is 3. The molecule has 0 aromatic heterocycles. The number of aliphatic hydroxyl groups excluding tert-OH is 2. The van der Waals surface area contributed by atoms with E-state index < -0.39 is 58.0 Å². The van der Waals surface area contributed by atoms with Crippen molar-refractivity contribution < 1.29 is 34.8 Å². The van der Waals surface area contributed by atoms with Gasteiger partial charge in [0.15, 0.2) is 11.4 Å². The molecule has 1 saturated carbocycles. The number of benzene rings is 1. The van der Waals surface area contributed by atoms with E-state index in [1.807, 2.05) is 0 Å². The number of likely N-dealkylation sites (N-methyl/N-ethyl adjacent to an activating group) is 1. The third kappa shape index (κ3) is 3.91. The number of nitrogens with zero attached hydrogens (tertiary/aromatic N) is 2. The number of phenols is 1. The Labute approximate surface area is 231 Å². The van der Waals surface area contributed by atoms with Crippen LogP contribution >= 0.6 is 11.6 Å². The number of phenolic OH excluding ortho intramolecular Hbond substituents is 1. The van der Waals surface area contributed by atoms with E-state index in [0.29, 0.717) is 28.7 Å². The Hall–Kier alpha value is -2.92. The van der Waals surface area contributed by atoms with Crippen LogP contribution in [-0.2, 0) is 27.3 Å². The monoisotopic (exact) mass is 559 g/mol. The minimum absolute atomic E-state index is 0.00787. The molecule has 1 amide bonds. The molecule has 4 aliphatic rings. The van der Waals surface area contributed by atoms with E-state index in [1.54, 1.807) is 14.1 Å². The molecule has 0 bridgehead atoms. The van der Waals surface area contributed by atoms with E-state index >= 15 is 0 Å². The summed E-state index contributed by atoms with van der Waals surface area (Å²) in [5, 5.41) is 45.3. The Morgan fingerprint density at radius 1 is 1.26 bits per heavy atom. The van der Waals surface area contributed by atoms with Gasteiger partial charge in [0, 0.05) is 29.1 Å². The topological polar surface area (TPSA) is 165 Å². The summed E-state index contributed by atoms with van der Waals surface area (Å²) >= 11 is 6.88. The molecule has 11 heteroatoms. The van der Waals surface area contributed by atoms with Crippen molar-refractivity contribution >= 4 is 34.8 Å². The maximum Gasteiger partial charge on any atom is 0.255 e. The third-order valence-electron chi connectivity index (χ3n) is 9.07. The van der Waals surface area contributed by atoms with Crippen molar-refractivity contribution in [3.8, 4) is 5.75 Å². The molecule has 6 N–H and O–H groups in total. The van der Waals surface area contributed by atoms with Gasteiger partial charge in [-0.3, -0.25) is 24.2 Å². The van der Waals surface area contributed by atoms with Gasteiger partial charge in [-0.1, -0.05) is 18.5 Å². The molecule has 1 unspecified atom stereocenters. The molecule has 1 heterocycles. The number of primary amides is 1. The van der Waals surface area contributed by atoms with Crippen molar-refractivity contribution in [1.82, 2.24) is 9.80 Å². The van der Waals surface area contributed by atoms with Crippen molar-refractivity contribution in [2.75, 3.05) is 20.6 Å². The zero-order chi connectivity index (χ0) is 28.5. The summed E-state index contributed by atoms with van der Waals surface area (Å²) in [7, 11) is 3.13. The highest BCUT2D eigenvalue weighted by molar-refractivity contribution is 6.32. The summed E-state index contributed by atoms with van der Waals surface area (Å²) in [5.74, 6) is -6.75. The van der Waals surface area contributed by atoms with E-state index in [4.69, 9.17) is 17.3 Å². The second kappa shape index (κ2) is 9.62. The lowest BCUT2D eigenvalue weighted by atomic mass is 9.57. The number of nitrogens with two attached hydrogens (primary N) is 1. The second-order valence-corrected chi connectivity index (χ2v) is 11.7. The zero-order valence-electron chi connectivity index (χ0n) is 22.2. The maximum atomic E-state index is 13.9. The van der Waals surface area contributed by atoms with Gasteiger partial charge in [-0.25, -0.2) is 0 Å². The van der Waals surface area contributed by atoms with Crippen LogP contribution in [0.1, 0.15) is 49.3 Å². The predicted molar refractivity (Wildman–Crippen MR) is 143 cm³/mol. The van der Waals surface area contributed by atoms with Crippen molar-refractivity contribution in [3.63, 3.8) is 0 Å². The Morgan fingerprint density at radius 2 is 1.95 bits per heavy atom. The van der Waals surface area contributed by atoms with E-state index in [2.05, 4.69) is 11.8 Å². The third-order valence-corrected chi connectivity index (χ3v) is 9.54. The molecule has 3 aliphatic carbocycles. The number of aliphatic hydroxyl groups is 3. The number of aromatic hydroxyl groups is 1. The van der Waals surface area contributed by atoms with Crippen LogP contribution in [0, 0.1) is 11.8 Å². The standard InChI is InChI=1S/C28H34ClN3O7/c1-4-14-6-5-7-32(14)11-13-10-17(33)19-15(21(13)29)8-12-9-16-22(31(2)3)24(35)20(27(30)38)26(37)28(16,39)25(36)18(12)23(19)34/h10,12,14,16,22,33-34,37,39H,4-9,11H2,1-3H3,(H2,30,38)/t12-,14?,16-,22-,28-/m0/s1. The fraction of sp³-hybridized carbons (Fsp3) is 0.536. The van der Waals surface area contributed by atoms with Gasteiger partial charge in [0.1, 0.15) is 22.8 Å². The van der Waals surface area contributed by atoms with E-state index in [-0.39, 0.29) is 29.7 Å². The molecule has 5 atom stereocenters. The van der Waals surface area contributed by atoms with E-state index in [1.165, 1.54) is 11.0 Å². The molecule has 0 radical (unpaired) electrons. The van der Waals surface area contributed by atoms with Crippen LogP contribution < -0.4 is 5.73 Å². The summed E-state index contributed by atoms with van der Waals surface area (Å²) in [6, 6.07) is 0.794. The van der Waals surface area contributed by atoms with Gasteiger partial charge in [0.2, 0.25) is 5.78 Å². The molecule has 10 nitrogen and oxygen atoms in total. The van der Waals surface area contributed by atoms with Crippen molar-refractivity contribution in [3.05, 3.63) is 44.7 Å². The highest BCUT2D eigenvalue weighted by atomic mass is 35.5. The van der Waals surface area contributed by atoms with Gasteiger partial charge in [0.25, 0.3) is 5.91 Å². The largest absolute Gasteiger partial charge is 0.508 e. The number of halogens is 1. The van der Waals surface area contributed by atoms with E-state index in [0.717, 1.165) is 25.8 Å². The molecule has 5 rings (SSSR count). The Balaban J connectivity index is 1.63. The number of rotatable bonds is 5. The van der Waals surface area contributed by atoms with Crippen LogP contribution in [0.2, 0.25) is 5.02 Å². The first-order valence-electron chi connectivity index (χ1n) is 13.3. The first-order chi connectivity index (χ1) is 18.3. The fourth-order valence-electron chi connectivity index (χ4n) is 7.25. The number of ketones is 2. The molecular formula is C28H34ClN3O7. The summed E-state index contributed by atoms with van der Waals surface area (Å²) in [6.07, 6.45) is 3.37. The van der Waals surface area contributed by atoms with E-state index in [9.17, 15) is 34.8 Å². The van der Waals surface area contributed by atoms with Gasteiger partial charge < -0.3 is 26.2 Å². The van der Waals surface area contributed by atoms with Crippen LogP contribution in [0.4, 0.5) is 0 Å². The Kier molecular flexibility index (Phi) is 6.82. The van der Waals surface area contributed by atoms with Crippen LogP contribution in [0.25, 0.3) is 5.76 Å². The lowest BCUT2D eigenvalue weighted by molar-refractivity contribution is -0.153. The van der Waals surface area contributed by atoms with Gasteiger partial charge in [-0.05, 0) is 75.9 Å². The van der Waals surface area contributed by atoms with Gasteiger partial charge in [0.05, 0.1) is 11.6 Å². The smallest absolute Gasteiger partial charge is 0.255 e. The number of hydrogen-bond acceptors (Lipinski definition) is 9. The number of likely N-dealkylation sites (tertiary alicyclic amines) is 1. The van der Waals surface area contributed by atoms with Gasteiger partial charge in [-0.15, -0.1) is 0 Å². The SMILES string of the molecule is CCC1CCCN1Cc1cc(O)c2c(c1Cl)C[C@H]1C[C@H]3[C@H](N(C)C)C(=O)C(C(N)=O)=C(O)[C@@]3(O)C(=O)C1=C2O. The first-order valence-corrected chi connectivity index (χ1v) is 13.6. The molecule has 1 saturated heterocycles. The molecule has 39 heavy (non-hydrogen) atoms. The fourth-order valence-corrected chi connectivity index (χ4v) is 7.53. The van der Waals surface area contributed by atoms with Crippen LogP contribution in [0.15, 0.2) is 23.0 Å². The van der Waals surface area contributed by atoms with Crippen molar-refractivity contribution in [2.45, 2.75) is 63.3 Å². The first kappa shape index (κ1) is 27.6. The number of hydrogen-bond donors (Lipinski definition) is 5. The number of carbonyl (C=O) groups excluding carboxylic acids is 3. The molecule has 210 valence electrons. The second-order valence-electron chi connectivity index (χ2n) is 11.4. The highest BCUT2D eigenvalue weighted by Crippen LogP contribution is 2.53. The predicted octanol–water partition coefficient (Wildman–Crippen LogP) is 1.99. The van der Waals surface area contributed by atoms with Crippen LogP contribution in [-0.4, -0.2) is 86.0 Å². The number of amides is 1. The summed E-state index contributed by atoms with van der Waals surface area (Å²) in [4.78, 5) is 43.0. The highest BCUT2D eigenvalue weighted by Gasteiger charge is 2.64. The molecule has 1 aromatic carbocycles.